The van der Waals surface area contributed by atoms with Crippen LogP contribution in [0, 0.1) is 5.92 Å². The van der Waals surface area contributed by atoms with Crippen molar-refractivity contribution in [3.05, 3.63) is 215 Å². The van der Waals surface area contributed by atoms with Crippen molar-refractivity contribution in [2.45, 2.75) is 48.6 Å². The van der Waals surface area contributed by atoms with Gasteiger partial charge in [-0.3, -0.25) is 9.69 Å². The third-order valence-electron chi connectivity index (χ3n) is 10.7. The molecular formula is C48H45NO3S. The van der Waals surface area contributed by atoms with E-state index in [2.05, 4.69) is 86.6 Å². The second-order valence-corrected chi connectivity index (χ2v) is 15.0. The summed E-state index contributed by atoms with van der Waals surface area (Å²) in [5.41, 5.74) is 3.40. The van der Waals surface area contributed by atoms with Crippen molar-refractivity contribution >= 4 is 23.6 Å². The average molecular weight is 716 g/mol. The minimum Gasteiger partial charge on any atom is -0.431 e. The van der Waals surface area contributed by atoms with Crippen LogP contribution in [0.15, 0.2) is 182 Å². The summed E-state index contributed by atoms with van der Waals surface area (Å²) in [5.74, 6) is -0.314. The number of nitrogens with zero attached hydrogens (tertiary/aromatic N) is 1. The lowest BCUT2D eigenvalue weighted by Crippen LogP contribution is -2.52. The number of Topliss-reactive ketones (excluding diaryl/α,β-unsaturated/α-hetero) is 1. The molecular weight excluding hydrogens is 671 g/mol. The van der Waals surface area contributed by atoms with E-state index in [9.17, 15) is 4.79 Å². The maximum absolute atomic E-state index is 15.8. The number of hydrogen-bond donors (Lipinski definition) is 0. The minimum absolute atomic E-state index is 0.000633. The highest BCUT2D eigenvalue weighted by Gasteiger charge is 2.60. The first kappa shape index (κ1) is 36.0. The first-order valence-corrected chi connectivity index (χ1v) is 19.6. The first-order valence-electron chi connectivity index (χ1n) is 18.3. The number of rotatable bonds is 13. The Hall–Kier alpha value is -5.39. The Morgan fingerprint density at radius 1 is 0.642 bits per heavy atom. The predicted molar refractivity (Wildman–Crippen MR) is 216 cm³/mol. The molecule has 53 heavy (non-hydrogen) atoms. The fourth-order valence-corrected chi connectivity index (χ4v) is 9.59. The monoisotopic (exact) mass is 715 g/mol. The molecule has 266 valence electrons. The predicted octanol–water partition coefficient (Wildman–Crippen LogP) is 10.9. The number of ketones is 1. The van der Waals surface area contributed by atoms with Crippen LogP contribution in [0.2, 0.25) is 0 Å². The largest absolute Gasteiger partial charge is 0.431 e. The van der Waals surface area contributed by atoms with Crippen molar-refractivity contribution in [2.75, 3.05) is 6.26 Å². The van der Waals surface area contributed by atoms with Crippen LogP contribution in [0.3, 0.4) is 0 Å². The lowest BCUT2D eigenvalue weighted by molar-refractivity contribution is -0.122. The van der Waals surface area contributed by atoms with E-state index in [-0.39, 0.29) is 36.2 Å². The molecule has 3 atom stereocenters. The SMILES string of the molecule is CS[C@@H]([C@H](CC(=O)C(c1ccccc1)(c1ccccc1)c1ccccc1)c1ccccc1)N1C(=O)OC(c2ccccc2)(c2ccccc2)[C@@H]1C(C)C. The van der Waals surface area contributed by atoms with Gasteiger partial charge in [0.25, 0.3) is 0 Å². The van der Waals surface area contributed by atoms with E-state index >= 15 is 4.79 Å². The summed E-state index contributed by atoms with van der Waals surface area (Å²) in [6.45, 7) is 4.32. The molecule has 0 unspecified atom stereocenters. The van der Waals surface area contributed by atoms with Gasteiger partial charge in [-0.1, -0.05) is 196 Å². The molecule has 1 fully saturated rings. The van der Waals surface area contributed by atoms with E-state index in [0.717, 1.165) is 33.4 Å². The second kappa shape index (κ2) is 15.7. The normalized spacial score (nSPS) is 16.6. The number of benzene rings is 6. The number of cyclic esters (lactones) is 1. The van der Waals surface area contributed by atoms with Gasteiger partial charge in [-0.05, 0) is 34.4 Å². The molecule has 1 amide bonds. The summed E-state index contributed by atoms with van der Waals surface area (Å²) in [7, 11) is 0. The van der Waals surface area contributed by atoms with E-state index in [1.807, 2.05) is 120 Å². The zero-order chi connectivity index (χ0) is 36.8. The highest BCUT2D eigenvalue weighted by molar-refractivity contribution is 7.99. The molecule has 0 bridgehead atoms. The summed E-state index contributed by atoms with van der Waals surface area (Å²) < 4.78 is 6.75. The lowest BCUT2D eigenvalue weighted by atomic mass is 9.64. The molecule has 1 heterocycles. The Morgan fingerprint density at radius 3 is 1.40 bits per heavy atom. The van der Waals surface area contributed by atoms with Crippen molar-refractivity contribution in [3.63, 3.8) is 0 Å². The van der Waals surface area contributed by atoms with Crippen molar-refractivity contribution in [1.82, 2.24) is 4.90 Å². The zero-order valence-corrected chi connectivity index (χ0v) is 31.2. The third-order valence-corrected chi connectivity index (χ3v) is 11.8. The summed E-state index contributed by atoms with van der Waals surface area (Å²) in [6, 6.07) is 60.4. The second-order valence-electron chi connectivity index (χ2n) is 14.1. The molecule has 5 heteroatoms. The standard InChI is InChI=1S/C48H45NO3S/c1-35(2)44-48(40-30-18-8-19-31-40,41-32-20-9-21-33-41)52-46(51)49(44)45(53-3)42(36-22-10-4-11-23-36)34-43(50)47(37-24-12-5-13-25-37,38-26-14-6-15-27-38)39-28-16-7-17-29-39/h4-33,35,42,44-45H,34H2,1-3H3/t42-,44+,45+/m1/s1. The molecule has 4 nitrogen and oxygen atoms in total. The molecule has 1 aliphatic rings. The van der Waals surface area contributed by atoms with Gasteiger partial charge in [0.05, 0.1) is 11.4 Å². The van der Waals surface area contributed by atoms with Gasteiger partial charge in [0, 0.05) is 23.5 Å². The number of thioether (sulfide) groups is 1. The van der Waals surface area contributed by atoms with Gasteiger partial charge in [-0.25, -0.2) is 4.79 Å². The first-order chi connectivity index (χ1) is 25.9. The molecule has 0 saturated carbocycles. The molecule has 1 aliphatic heterocycles. The molecule has 0 aliphatic carbocycles. The Morgan fingerprint density at radius 2 is 1.02 bits per heavy atom. The van der Waals surface area contributed by atoms with Gasteiger partial charge in [0.15, 0.2) is 11.4 Å². The minimum atomic E-state index is -1.10. The van der Waals surface area contributed by atoms with E-state index < -0.39 is 16.4 Å². The average Bonchev–Trinajstić information content (AvgIpc) is 3.54. The van der Waals surface area contributed by atoms with E-state index in [0.29, 0.717) is 0 Å². The Labute approximate surface area is 317 Å². The zero-order valence-electron chi connectivity index (χ0n) is 30.4. The third kappa shape index (κ3) is 6.48. The highest BCUT2D eigenvalue weighted by atomic mass is 32.2. The van der Waals surface area contributed by atoms with Crippen LogP contribution >= 0.6 is 11.8 Å². The molecule has 1 saturated heterocycles. The summed E-state index contributed by atoms with van der Waals surface area (Å²) in [4.78, 5) is 32.5. The van der Waals surface area contributed by atoms with Crippen LogP contribution in [-0.4, -0.2) is 34.4 Å². The van der Waals surface area contributed by atoms with Gasteiger partial charge in [-0.2, -0.15) is 0 Å². The molecule has 6 aromatic carbocycles. The maximum atomic E-state index is 15.8. The summed E-state index contributed by atoms with van der Waals surface area (Å²) in [5, 5.41) is -0.435. The molecule has 0 N–H and O–H groups in total. The number of carbonyl (C=O) groups excluding carboxylic acids is 2. The molecule has 7 rings (SSSR count). The fraction of sp³-hybridized carbons (Fsp3) is 0.208. The molecule has 0 radical (unpaired) electrons. The summed E-state index contributed by atoms with van der Waals surface area (Å²) >= 11 is 1.60. The topological polar surface area (TPSA) is 46.6 Å². The van der Waals surface area contributed by atoms with E-state index in [1.54, 1.807) is 11.8 Å². The van der Waals surface area contributed by atoms with Crippen molar-refractivity contribution < 1.29 is 14.3 Å². The van der Waals surface area contributed by atoms with Gasteiger partial charge in [0.1, 0.15) is 5.41 Å². The fourth-order valence-electron chi connectivity index (χ4n) is 8.57. The Kier molecular flexibility index (Phi) is 10.7. The van der Waals surface area contributed by atoms with Crippen molar-refractivity contribution in [2.24, 2.45) is 5.92 Å². The van der Waals surface area contributed by atoms with Gasteiger partial charge in [0.2, 0.25) is 0 Å². The number of ether oxygens (including phenoxy) is 1. The van der Waals surface area contributed by atoms with Gasteiger partial charge >= 0.3 is 6.09 Å². The van der Waals surface area contributed by atoms with Crippen LogP contribution in [0.4, 0.5) is 4.79 Å². The van der Waals surface area contributed by atoms with Crippen LogP contribution in [0.25, 0.3) is 0 Å². The van der Waals surface area contributed by atoms with Crippen LogP contribution in [0.1, 0.15) is 59.6 Å². The van der Waals surface area contributed by atoms with Crippen LogP contribution in [-0.2, 0) is 20.5 Å². The number of hydrogen-bond acceptors (Lipinski definition) is 4. The van der Waals surface area contributed by atoms with E-state index in [4.69, 9.17) is 4.74 Å². The number of carbonyl (C=O) groups is 2. The van der Waals surface area contributed by atoms with Crippen LogP contribution < -0.4 is 0 Å². The summed E-state index contributed by atoms with van der Waals surface area (Å²) in [6.07, 6.45) is 1.83. The molecule has 6 aromatic rings. The van der Waals surface area contributed by atoms with Crippen molar-refractivity contribution in [3.8, 4) is 0 Å². The van der Waals surface area contributed by atoms with Gasteiger partial charge in [-0.15, -0.1) is 11.8 Å². The smallest absolute Gasteiger partial charge is 0.412 e. The lowest BCUT2D eigenvalue weighted by Gasteiger charge is -2.43. The quantitative estimate of drug-likeness (QED) is 0.112. The highest BCUT2D eigenvalue weighted by Crippen LogP contribution is 2.52. The van der Waals surface area contributed by atoms with Crippen molar-refractivity contribution in [1.29, 1.82) is 0 Å². The van der Waals surface area contributed by atoms with Gasteiger partial charge < -0.3 is 4.74 Å². The Bertz CT molecular complexity index is 1960. The molecule has 0 spiro atoms. The number of amides is 1. The Balaban J connectivity index is 1.41. The van der Waals surface area contributed by atoms with Crippen LogP contribution in [0.5, 0.6) is 0 Å². The molecule has 0 aromatic heterocycles. The van der Waals surface area contributed by atoms with E-state index in [1.165, 1.54) is 0 Å². The maximum Gasteiger partial charge on any atom is 0.412 e.